The standard InChI is InChI=1S/C21H21NO5/c23-21(11-14-1-5-18-20(9-14)27-13-26-18)22(16-3-4-16)12-15-2-6-17-19(10-15)25-8-7-24-17/h1-2,5-6,9-10,16H,3-4,7-8,11-13H2. The van der Waals surface area contributed by atoms with Crippen LogP contribution in [0.1, 0.15) is 24.0 Å². The van der Waals surface area contributed by atoms with Gasteiger partial charge in [-0.3, -0.25) is 4.79 Å². The minimum absolute atomic E-state index is 0.131. The van der Waals surface area contributed by atoms with E-state index in [4.69, 9.17) is 18.9 Å². The fourth-order valence-corrected chi connectivity index (χ4v) is 3.52. The van der Waals surface area contributed by atoms with Gasteiger partial charge in [0.25, 0.3) is 0 Å². The zero-order chi connectivity index (χ0) is 18.2. The third-order valence-corrected chi connectivity index (χ3v) is 5.06. The summed E-state index contributed by atoms with van der Waals surface area (Å²) in [5.74, 6) is 3.12. The van der Waals surface area contributed by atoms with E-state index in [-0.39, 0.29) is 12.7 Å². The van der Waals surface area contributed by atoms with Crippen molar-refractivity contribution in [1.29, 1.82) is 0 Å². The summed E-state index contributed by atoms with van der Waals surface area (Å²) in [7, 11) is 0. The molecule has 0 radical (unpaired) electrons. The van der Waals surface area contributed by atoms with E-state index >= 15 is 0 Å². The van der Waals surface area contributed by atoms with E-state index in [0.717, 1.165) is 41.2 Å². The van der Waals surface area contributed by atoms with E-state index in [9.17, 15) is 4.79 Å². The number of rotatable bonds is 5. The maximum atomic E-state index is 13.0. The highest BCUT2D eigenvalue weighted by molar-refractivity contribution is 5.79. The van der Waals surface area contributed by atoms with Crippen LogP contribution < -0.4 is 18.9 Å². The molecule has 1 saturated carbocycles. The molecule has 0 saturated heterocycles. The van der Waals surface area contributed by atoms with Crippen molar-refractivity contribution in [3.63, 3.8) is 0 Å². The molecule has 0 aromatic heterocycles. The molecule has 6 heteroatoms. The predicted octanol–water partition coefficient (Wildman–Crippen LogP) is 2.92. The first-order chi connectivity index (χ1) is 13.3. The quantitative estimate of drug-likeness (QED) is 0.813. The van der Waals surface area contributed by atoms with Crippen LogP contribution in [0.3, 0.4) is 0 Å². The number of fused-ring (bicyclic) bond motifs is 2. The molecule has 1 fully saturated rings. The minimum atomic E-state index is 0.131. The number of benzene rings is 2. The largest absolute Gasteiger partial charge is 0.486 e. The topological polar surface area (TPSA) is 57.2 Å². The summed E-state index contributed by atoms with van der Waals surface area (Å²) in [5.41, 5.74) is 2.00. The maximum absolute atomic E-state index is 13.0. The molecule has 3 aliphatic rings. The maximum Gasteiger partial charge on any atom is 0.231 e. The number of amides is 1. The Labute approximate surface area is 157 Å². The summed E-state index contributed by atoms with van der Waals surface area (Å²) in [6.45, 7) is 1.97. The lowest BCUT2D eigenvalue weighted by Crippen LogP contribution is -2.33. The summed E-state index contributed by atoms with van der Waals surface area (Å²) in [4.78, 5) is 15.0. The van der Waals surface area contributed by atoms with E-state index in [1.54, 1.807) is 0 Å². The monoisotopic (exact) mass is 367 g/mol. The van der Waals surface area contributed by atoms with Crippen molar-refractivity contribution >= 4 is 5.91 Å². The fraction of sp³-hybridized carbons (Fsp3) is 0.381. The second-order valence-corrected chi connectivity index (χ2v) is 7.10. The van der Waals surface area contributed by atoms with Gasteiger partial charge >= 0.3 is 0 Å². The molecule has 0 spiro atoms. The van der Waals surface area contributed by atoms with E-state index < -0.39 is 0 Å². The van der Waals surface area contributed by atoms with Crippen LogP contribution in [0.4, 0.5) is 0 Å². The Hall–Kier alpha value is -2.89. The Kier molecular flexibility index (Phi) is 4.03. The Morgan fingerprint density at radius 3 is 2.30 bits per heavy atom. The number of hydrogen-bond donors (Lipinski definition) is 0. The first kappa shape index (κ1) is 16.3. The van der Waals surface area contributed by atoms with Gasteiger partial charge in [0.05, 0.1) is 6.42 Å². The lowest BCUT2D eigenvalue weighted by atomic mass is 10.1. The van der Waals surface area contributed by atoms with E-state index in [0.29, 0.717) is 38.0 Å². The average Bonchev–Trinajstić information content (AvgIpc) is 3.42. The summed E-state index contributed by atoms with van der Waals surface area (Å²) in [5, 5.41) is 0. The van der Waals surface area contributed by atoms with Crippen LogP contribution in [0.25, 0.3) is 0 Å². The lowest BCUT2D eigenvalue weighted by Gasteiger charge is -2.24. The van der Waals surface area contributed by atoms with Crippen molar-refractivity contribution < 1.29 is 23.7 Å². The summed E-state index contributed by atoms with van der Waals surface area (Å²) in [6.07, 6.45) is 2.49. The lowest BCUT2D eigenvalue weighted by molar-refractivity contribution is -0.131. The number of hydrogen-bond acceptors (Lipinski definition) is 5. The van der Waals surface area contributed by atoms with Crippen molar-refractivity contribution in [2.45, 2.75) is 31.8 Å². The smallest absolute Gasteiger partial charge is 0.231 e. The van der Waals surface area contributed by atoms with Crippen molar-refractivity contribution in [1.82, 2.24) is 4.90 Å². The fourth-order valence-electron chi connectivity index (χ4n) is 3.52. The Balaban J connectivity index is 1.31. The highest BCUT2D eigenvalue weighted by Crippen LogP contribution is 2.35. The van der Waals surface area contributed by atoms with Crippen LogP contribution in [0.5, 0.6) is 23.0 Å². The molecule has 0 atom stereocenters. The Morgan fingerprint density at radius 2 is 1.48 bits per heavy atom. The normalized spacial score (nSPS) is 16.9. The molecule has 5 rings (SSSR count). The molecule has 2 aliphatic heterocycles. The van der Waals surface area contributed by atoms with Crippen LogP contribution >= 0.6 is 0 Å². The zero-order valence-electron chi connectivity index (χ0n) is 15.0. The molecule has 0 unspecified atom stereocenters. The summed E-state index contributed by atoms with van der Waals surface area (Å²) < 4.78 is 22.0. The number of carbonyl (C=O) groups excluding carboxylic acids is 1. The van der Waals surface area contributed by atoms with E-state index in [1.165, 1.54) is 0 Å². The zero-order valence-corrected chi connectivity index (χ0v) is 15.0. The van der Waals surface area contributed by atoms with Gasteiger partial charge in [-0.05, 0) is 48.2 Å². The van der Waals surface area contributed by atoms with Crippen molar-refractivity contribution in [2.75, 3.05) is 20.0 Å². The van der Waals surface area contributed by atoms with Crippen molar-refractivity contribution in [3.8, 4) is 23.0 Å². The number of carbonyl (C=O) groups is 1. The van der Waals surface area contributed by atoms with Gasteiger partial charge in [0.15, 0.2) is 23.0 Å². The van der Waals surface area contributed by atoms with Crippen molar-refractivity contribution in [2.24, 2.45) is 0 Å². The molecule has 6 nitrogen and oxygen atoms in total. The highest BCUT2D eigenvalue weighted by atomic mass is 16.7. The molecule has 140 valence electrons. The van der Waals surface area contributed by atoms with Crippen LogP contribution in [0, 0.1) is 0 Å². The van der Waals surface area contributed by atoms with Gasteiger partial charge in [-0.1, -0.05) is 12.1 Å². The predicted molar refractivity (Wildman–Crippen MR) is 97.3 cm³/mol. The molecule has 27 heavy (non-hydrogen) atoms. The Morgan fingerprint density at radius 1 is 0.852 bits per heavy atom. The molecule has 0 N–H and O–H groups in total. The van der Waals surface area contributed by atoms with Gasteiger partial charge in [-0.25, -0.2) is 0 Å². The first-order valence-electron chi connectivity index (χ1n) is 9.33. The third-order valence-electron chi connectivity index (χ3n) is 5.06. The molecule has 1 amide bonds. The summed E-state index contributed by atoms with van der Waals surface area (Å²) in [6, 6.07) is 12.0. The SMILES string of the molecule is O=C(Cc1ccc2c(c1)OCO2)N(Cc1ccc2c(c1)OCCO2)C1CC1. The second-order valence-electron chi connectivity index (χ2n) is 7.10. The van der Waals surface area contributed by atoms with E-state index in [2.05, 4.69) is 0 Å². The number of ether oxygens (including phenoxy) is 4. The van der Waals surface area contributed by atoms with Crippen LogP contribution in [-0.4, -0.2) is 36.9 Å². The van der Waals surface area contributed by atoms with Gasteiger partial charge < -0.3 is 23.8 Å². The first-order valence-corrected chi connectivity index (χ1v) is 9.33. The highest BCUT2D eigenvalue weighted by Gasteiger charge is 2.32. The van der Waals surface area contributed by atoms with Gasteiger partial charge in [-0.2, -0.15) is 0 Å². The molecule has 2 heterocycles. The Bertz CT molecular complexity index is 877. The molecule has 1 aliphatic carbocycles. The van der Waals surface area contributed by atoms with Gasteiger partial charge in [-0.15, -0.1) is 0 Å². The van der Waals surface area contributed by atoms with Crippen LogP contribution in [0.2, 0.25) is 0 Å². The third kappa shape index (κ3) is 3.39. The molecule has 2 aromatic rings. The average molecular weight is 367 g/mol. The van der Waals surface area contributed by atoms with E-state index in [1.807, 2.05) is 41.3 Å². The van der Waals surface area contributed by atoms with Gasteiger partial charge in [0, 0.05) is 12.6 Å². The number of nitrogens with zero attached hydrogens (tertiary/aromatic N) is 1. The molecular formula is C21H21NO5. The second kappa shape index (κ2) is 6.68. The molecule has 0 bridgehead atoms. The van der Waals surface area contributed by atoms with Gasteiger partial charge in [0.2, 0.25) is 12.7 Å². The van der Waals surface area contributed by atoms with Gasteiger partial charge in [0.1, 0.15) is 13.2 Å². The molecular weight excluding hydrogens is 346 g/mol. The summed E-state index contributed by atoms with van der Waals surface area (Å²) >= 11 is 0. The minimum Gasteiger partial charge on any atom is -0.486 e. The van der Waals surface area contributed by atoms with Crippen LogP contribution in [0.15, 0.2) is 36.4 Å². The van der Waals surface area contributed by atoms with Crippen LogP contribution in [-0.2, 0) is 17.8 Å². The molecule has 2 aromatic carbocycles. The van der Waals surface area contributed by atoms with Crippen molar-refractivity contribution in [3.05, 3.63) is 47.5 Å².